The number of nitrogens with zero attached hydrogens (tertiary/aromatic N) is 1. The van der Waals surface area contributed by atoms with Crippen LogP contribution >= 0.6 is 15.9 Å². The first-order valence-corrected chi connectivity index (χ1v) is 10.0. The quantitative estimate of drug-likeness (QED) is 0.829. The minimum Gasteiger partial charge on any atom is -0.310 e. The second kappa shape index (κ2) is 7.72. The van der Waals surface area contributed by atoms with Gasteiger partial charge in [-0.2, -0.15) is 0 Å². The Balaban J connectivity index is 1.94. The average Bonchev–Trinajstić information content (AvgIpc) is 2.45. The highest BCUT2D eigenvalue weighted by Crippen LogP contribution is 2.25. The summed E-state index contributed by atoms with van der Waals surface area (Å²) in [4.78, 5) is 2.25. The molecule has 0 radical (unpaired) electrons. The van der Waals surface area contributed by atoms with Crippen LogP contribution in [0.5, 0.6) is 0 Å². The predicted octanol–water partition coefficient (Wildman–Crippen LogP) is 2.22. The molecule has 1 aromatic carbocycles. The van der Waals surface area contributed by atoms with E-state index in [1.54, 1.807) is 0 Å². The fraction of sp³-hybridized carbons (Fsp3) is 0.600. The summed E-state index contributed by atoms with van der Waals surface area (Å²) < 4.78 is 24.0. The lowest BCUT2D eigenvalue weighted by Crippen LogP contribution is -2.41. The summed E-state index contributed by atoms with van der Waals surface area (Å²) in [5.41, 5.74) is 1.27. The third-order valence-electron chi connectivity index (χ3n) is 3.90. The molecule has 1 saturated heterocycles. The van der Waals surface area contributed by atoms with Gasteiger partial charge in [-0.1, -0.05) is 41.1 Å². The maximum atomic E-state index is 11.5. The van der Waals surface area contributed by atoms with E-state index < -0.39 is 9.84 Å². The summed E-state index contributed by atoms with van der Waals surface area (Å²) in [5.74, 6) is 0.599. The summed E-state index contributed by atoms with van der Waals surface area (Å²) in [7, 11) is -2.79. The zero-order chi connectivity index (χ0) is 15.3. The van der Waals surface area contributed by atoms with Gasteiger partial charge < -0.3 is 10.2 Å². The average molecular weight is 375 g/mol. The molecule has 0 amide bonds. The zero-order valence-corrected chi connectivity index (χ0v) is 14.8. The molecule has 0 saturated carbocycles. The SMILES string of the molecule is CCNC(CCN1CCS(=O)(=O)CC1)c1ccccc1Br. The van der Waals surface area contributed by atoms with Gasteiger partial charge in [-0.25, -0.2) is 8.42 Å². The molecule has 1 aliphatic heterocycles. The monoisotopic (exact) mass is 374 g/mol. The maximum Gasteiger partial charge on any atom is 0.152 e. The maximum absolute atomic E-state index is 11.5. The van der Waals surface area contributed by atoms with Gasteiger partial charge in [0.05, 0.1) is 11.5 Å². The van der Waals surface area contributed by atoms with Crippen molar-refractivity contribution >= 4 is 25.8 Å². The lowest BCUT2D eigenvalue weighted by Gasteiger charge is -2.29. The van der Waals surface area contributed by atoms with Crippen LogP contribution in [0.15, 0.2) is 28.7 Å². The van der Waals surface area contributed by atoms with E-state index in [4.69, 9.17) is 0 Å². The van der Waals surface area contributed by atoms with Crippen molar-refractivity contribution in [1.29, 1.82) is 0 Å². The van der Waals surface area contributed by atoms with Gasteiger partial charge >= 0.3 is 0 Å². The van der Waals surface area contributed by atoms with Gasteiger partial charge in [0.2, 0.25) is 0 Å². The highest BCUT2D eigenvalue weighted by Gasteiger charge is 2.22. The zero-order valence-electron chi connectivity index (χ0n) is 12.4. The van der Waals surface area contributed by atoms with E-state index in [9.17, 15) is 8.42 Å². The third kappa shape index (κ3) is 5.06. The Kier molecular flexibility index (Phi) is 6.22. The van der Waals surface area contributed by atoms with Crippen LogP contribution in [0.25, 0.3) is 0 Å². The number of hydrogen-bond acceptors (Lipinski definition) is 4. The molecule has 21 heavy (non-hydrogen) atoms. The Morgan fingerprint density at radius 3 is 2.57 bits per heavy atom. The van der Waals surface area contributed by atoms with Crippen LogP contribution in [-0.4, -0.2) is 51.0 Å². The highest BCUT2D eigenvalue weighted by molar-refractivity contribution is 9.10. The van der Waals surface area contributed by atoms with Gasteiger partial charge in [0.1, 0.15) is 0 Å². The van der Waals surface area contributed by atoms with Gasteiger partial charge in [-0.15, -0.1) is 0 Å². The van der Waals surface area contributed by atoms with Crippen molar-refractivity contribution in [3.05, 3.63) is 34.3 Å². The van der Waals surface area contributed by atoms with E-state index >= 15 is 0 Å². The number of halogens is 1. The van der Waals surface area contributed by atoms with E-state index in [2.05, 4.69) is 51.3 Å². The van der Waals surface area contributed by atoms with Crippen LogP contribution in [0.4, 0.5) is 0 Å². The molecular formula is C15H23BrN2O2S. The third-order valence-corrected chi connectivity index (χ3v) is 6.23. The smallest absolute Gasteiger partial charge is 0.152 e. The predicted molar refractivity (Wildman–Crippen MR) is 90.3 cm³/mol. The van der Waals surface area contributed by atoms with E-state index in [-0.39, 0.29) is 0 Å². The Hall–Kier alpha value is -0.430. The molecule has 0 aliphatic carbocycles. The van der Waals surface area contributed by atoms with Gasteiger partial charge in [-0.3, -0.25) is 0 Å². The lowest BCUT2D eigenvalue weighted by atomic mass is 10.0. The summed E-state index contributed by atoms with van der Waals surface area (Å²) in [5, 5.41) is 3.52. The van der Waals surface area contributed by atoms with Crippen molar-refractivity contribution in [3.8, 4) is 0 Å². The number of nitrogens with one attached hydrogen (secondary N) is 1. The normalized spacial score (nSPS) is 20.3. The second-order valence-corrected chi connectivity index (χ2v) is 8.57. The second-order valence-electron chi connectivity index (χ2n) is 5.41. The van der Waals surface area contributed by atoms with Crippen molar-refractivity contribution in [1.82, 2.24) is 10.2 Å². The van der Waals surface area contributed by atoms with Crippen molar-refractivity contribution in [2.45, 2.75) is 19.4 Å². The lowest BCUT2D eigenvalue weighted by molar-refractivity contribution is 0.276. The first-order chi connectivity index (χ1) is 10.0. The van der Waals surface area contributed by atoms with Gasteiger partial charge in [0.15, 0.2) is 9.84 Å². The molecule has 1 unspecified atom stereocenters. The van der Waals surface area contributed by atoms with Gasteiger partial charge in [0, 0.05) is 30.1 Å². The molecule has 1 fully saturated rings. The largest absolute Gasteiger partial charge is 0.310 e. The molecule has 6 heteroatoms. The van der Waals surface area contributed by atoms with Crippen LogP contribution in [0.1, 0.15) is 24.9 Å². The molecule has 0 spiro atoms. The van der Waals surface area contributed by atoms with E-state index in [1.165, 1.54) is 5.56 Å². The molecule has 0 aromatic heterocycles. The Bertz CT molecular complexity index is 549. The summed E-state index contributed by atoms with van der Waals surface area (Å²) in [6.07, 6.45) is 0.983. The molecule has 1 atom stereocenters. The molecule has 0 bridgehead atoms. The first kappa shape index (κ1) is 16.9. The highest BCUT2D eigenvalue weighted by atomic mass is 79.9. The topological polar surface area (TPSA) is 49.4 Å². The van der Waals surface area contributed by atoms with E-state index in [0.29, 0.717) is 30.6 Å². The van der Waals surface area contributed by atoms with Crippen molar-refractivity contribution < 1.29 is 8.42 Å². The fourth-order valence-electron chi connectivity index (χ4n) is 2.66. The molecule has 1 N–H and O–H groups in total. The Labute approximate surface area is 136 Å². The number of hydrogen-bond donors (Lipinski definition) is 1. The van der Waals surface area contributed by atoms with Crippen LogP contribution in [0.3, 0.4) is 0 Å². The Morgan fingerprint density at radius 2 is 1.95 bits per heavy atom. The van der Waals surface area contributed by atoms with Crippen LogP contribution in [0.2, 0.25) is 0 Å². The van der Waals surface area contributed by atoms with E-state index in [1.807, 2.05) is 6.07 Å². The molecule has 1 aromatic rings. The van der Waals surface area contributed by atoms with Crippen LogP contribution in [0, 0.1) is 0 Å². The number of rotatable bonds is 6. The summed E-state index contributed by atoms with van der Waals surface area (Å²) in [6, 6.07) is 8.57. The number of benzene rings is 1. The minimum absolute atomic E-state index is 0.295. The minimum atomic E-state index is -2.79. The van der Waals surface area contributed by atoms with Crippen molar-refractivity contribution in [2.24, 2.45) is 0 Å². The first-order valence-electron chi connectivity index (χ1n) is 7.42. The molecule has 1 aliphatic rings. The molecular weight excluding hydrogens is 352 g/mol. The number of sulfone groups is 1. The van der Waals surface area contributed by atoms with Gasteiger partial charge in [0.25, 0.3) is 0 Å². The van der Waals surface area contributed by atoms with E-state index in [0.717, 1.165) is 24.0 Å². The molecule has 1 heterocycles. The molecule has 118 valence electrons. The molecule has 2 rings (SSSR count). The Morgan fingerprint density at radius 1 is 1.29 bits per heavy atom. The fourth-order valence-corrected chi connectivity index (χ4v) is 4.50. The van der Waals surface area contributed by atoms with Crippen molar-refractivity contribution in [2.75, 3.05) is 37.7 Å². The summed E-state index contributed by atoms with van der Waals surface area (Å²) >= 11 is 3.61. The summed E-state index contributed by atoms with van der Waals surface area (Å²) in [6.45, 7) is 5.28. The van der Waals surface area contributed by atoms with Gasteiger partial charge in [-0.05, 0) is 24.6 Å². The molecule has 4 nitrogen and oxygen atoms in total. The van der Waals surface area contributed by atoms with Crippen LogP contribution < -0.4 is 5.32 Å². The standard InChI is InChI=1S/C15H23BrN2O2S/c1-2-17-15(13-5-3-4-6-14(13)16)7-8-18-9-11-21(19,20)12-10-18/h3-6,15,17H,2,7-12H2,1H3. The van der Waals surface area contributed by atoms with Crippen LogP contribution in [-0.2, 0) is 9.84 Å². The van der Waals surface area contributed by atoms with Crippen molar-refractivity contribution in [3.63, 3.8) is 0 Å².